The summed E-state index contributed by atoms with van der Waals surface area (Å²) < 4.78 is 5.40. The topological polar surface area (TPSA) is 61.5 Å². The van der Waals surface area contributed by atoms with Crippen LogP contribution in [0.3, 0.4) is 0 Å². The SMILES string of the molecule is O=C(c1cn[nH]c1[C@@H]1CCCN([C@H]2CCCc3ccccc32)C1)N1CCOCC1. The first-order valence-corrected chi connectivity index (χ1v) is 11.0. The van der Waals surface area contributed by atoms with Gasteiger partial charge >= 0.3 is 0 Å². The Balaban J connectivity index is 1.35. The monoisotopic (exact) mass is 394 g/mol. The molecule has 2 saturated heterocycles. The number of hydrogen-bond acceptors (Lipinski definition) is 4. The minimum atomic E-state index is 0.0946. The van der Waals surface area contributed by atoms with E-state index in [1.165, 1.54) is 30.4 Å². The van der Waals surface area contributed by atoms with Crippen molar-refractivity contribution >= 4 is 5.91 Å². The number of aryl methyl sites for hydroxylation is 1. The number of likely N-dealkylation sites (tertiary alicyclic amines) is 1. The van der Waals surface area contributed by atoms with Gasteiger partial charge < -0.3 is 9.64 Å². The van der Waals surface area contributed by atoms with Gasteiger partial charge in [0.15, 0.2) is 0 Å². The Morgan fingerprint density at radius 2 is 1.97 bits per heavy atom. The highest BCUT2D eigenvalue weighted by molar-refractivity contribution is 5.95. The molecule has 1 N–H and O–H groups in total. The van der Waals surface area contributed by atoms with Crippen LogP contribution in [0.15, 0.2) is 30.5 Å². The molecule has 1 amide bonds. The number of aromatic amines is 1. The number of fused-ring (bicyclic) bond motifs is 1. The second kappa shape index (κ2) is 8.28. The number of ether oxygens (including phenoxy) is 1. The van der Waals surface area contributed by atoms with Gasteiger partial charge in [0.2, 0.25) is 0 Å². The number of nitrogens with zero attached hydrogens (tertiary/aromatic N) is 3. The van der Waals surface area contributed by atoms with Crippen molar-refractivity contribution in [1.29, 1.82) is 0 Å². The van der Waals surface area contributed by atoms with Crippen molar-refractivity contribution in [2.75, 3.05) is 39.4 Å². The van der Waals surface area contributed by atoms with Crippen LogP contribution in [-0.4, -0.2) is 65.3 Å². The maximum Gasteiger partial charge on any atom is 0.257 e. The molecule has 0 bridgehead atoms. The number of carbonyl (C=O) groups excluding carboxylic acids is 1. The van der Waals surface area contributed by atoms with Crippen LogP contribution >= 0.6 is 0 Å². The maximum absolute atomic E-state index is 13.1. The van der Waals surface area contributed by atoms with Crippen LogP contribution in [-0.2, 0) is 11.2 Å². The van der Waals surface area contributed by atoms with E-state index in [1.54, 1.807) is 6.20 Å². The maximum atomic E-state index is 13.1. The molecule has 2 atom stereocenters. The highest BCUT2D eigenvalue weighted by atomic mass is 16.5. The van der Waals surface area contributed by atoms with Crippen LogP contribution in [0.25, 0.3) is 0 Å². The fraction of sp³-hybridized carbons (Fsp3) is 0.565. The molecule has 6 heteroatoms. The molecule has 0 radical (unpaired) electrons. The molecule has 1 aliphatic carbocycles. The third kappa shape index (κ3) is 3.71. The fourth-order valence-corrected chi connectivity index (χ4v) is 5.35. The molecule has 6 nitrogen and oxygen atoms in total. The average molecular weight is 395 g/mol. The minimum absolute atomic E-state index is 0.0946. The highest BCUT2D eigenvalue weighted by Gasteiger charge is 2.33. The number of aromatic nitrogens is 2. The molecule has 1 aromatic heterocycles. The van der Waals surface area contributed by atoms with Crippen LogP contribution in [0, 0.1) is 0 Å². The summed E-state index contributed by atoms with van der Waals surface area (Å²) in [5, 5.41) is 7.45. The van der Waals surface area contributed by atoms with Gasteiger partial charge in [-0.1, -0.05) is 24.3 Å². The summed E-state index contributed by atoms with van der Waals surface area (Å²) in [7, 11) is 0. The van der Waals surface area contributed by atoms with E-state index in [0.717, 1.165) is 37.2 Å². The third-order valence-electron chi connectivity index (χ3n) is 6.84. The summed E-state index contributed by atoms with van der Waals surface area (Å²) in [5.41, 5.74) is 4.79. The van der Waals surface area contributed by atoms with Crippen LogP contribution < -0.4 is 0 Å². The molecule has 3 aliphatic rings. The van der Waals surface area contributed by atoms with E-state index < -0.39 is 0 Å². The molecular weight excluding hydrogens is 364 g/mol. The minimum Gasteiger partial charge on any atom is -0.378 e. The molecule has 2 aromatic rings. The highest BCUT2D eigenvalue weighted by Crippen LogP contribution is 2.38. The van der Waals surface area contributed by atoms with Gasteiger partial charge in [-0.15, -0.1) is 0 Å². The summed E-state index contributed by atoms with van der Waals surface area (Å²) in [6.45, 7) is 4.70. The molecule has 29 heavy (non-hydrogen) atoms. The first kappa shape index (κ1) is 18.8. The van der Waals surface area contributed by atoms with Crippen LogP contribution in [0.2, 0.25) is 0 Å². The molecule has 2 fully saturated rings. The first-order chi connectivity index (χ1) is 14.3. The second-order valence-corrected chi connectivity index (χ2v) is 8.54. The number of H-pyrrole nitrogens is 1. The molecule has 0 unspecified atom stereocenters. The number of carbonyl (C=O) groups is 1. The molecule has 3 heterocycles. The zero-order valence-electron chi connectivity index (χ0n) is 17.0. The van der Waals surface area contributed by atoms with Crippen molar-refractivity contribution in [3.63, 3.8) is 0 Å². The Labute approximate surface area is 172 Å². The standard InChI is InChI=1S/C23H30N4O2/c28-23(26-11-13-29-14-12-26)20-15-24-25-22(20)18-7-4-10-27(16-18)21-9-3-6-17-5-1-2-8-19(17)21/h1-2,5,8,15,18,21H,3-4,6-7,9-14,16H2,(H,24,25)/t18-,21+/m1/s1. The lowest BCUT2D eigenvalue weighted by atomic mass is 9.84. The van der Waals surface area contributed by atoms with Crippen molar-refractivity contribution < 1.29 is 9.53 Å². The summed E-state index contributed by atoms with van der Waals surface area (Å²) in [5.74, 6) is 0.428. The van der Waals surface area contributed by atoms with Gasteiger partial charge in [0.25, 0.3) is 5.91 Å². The fourth-order valence-electron chi connectivity index (χ4n) is 5.35. The van der Waals surface area contributed by atoms with E-state index in [4.69, 9.17) is 4.74 Å². The van der Waals surface area contributed by atoms with Crippen molar-refractivity contribution in [2.24, 2.45) is 0 Å². The van der Waals surface area contributed by atoms with Crippen molar-refractivity contribution in [3.05, 3.63) is 52.8 Å². The normalized spacial score (nSPS) is 25.6. The Morgan fingerprint density at radius 3 is 2.86 bits per heavy atom. The van der Waals surface area contributed by atoms with E-state index in [-0.39, 0.29) is 5.91 Å². The Hall–Kier alpha value is -2.18. The van der Waals surface area contributed by atoms with E-state index in [1.807, 2.05) is 4.90 Å². The number of amides is 1. The van der Waals surface area contributed by atoms with Gasteiger partial charge in [0.1, 0.15) is 0 Å². The van der Waals surface area contributed by atoms with Crippen molar-refractivity contribution in [3.8, 4) is 0 Å². The lowest BCUT2D eigenvalue weighted by molar-refractivity contribution is 0.0301. The van der Waals surface area contributed by atoms with Gasteiger partial charge in [0.05, 0.1) is 30.7 Å². The lowest BCUT2D eigenvalue weighted by Gasteiger charge is -2.41. The summed E-state index contributed by atoms with van der Waals surface area (Å²) in [6.07, 6.45) is 7.68. The molecule has 0 saturated carbocycles. The number of piperidine rings is 1. The molecule has 2 aliphatic heterocycles. The van der Waals surface area contributed by atoms with Crippen molar-refractivity contribution in [2.45, 2.75) is 44.1 Å². The number of morpholine rings is 1. The first-order valence-electron chi connectivity index (χ1n) is 11.0. The summed E-state index contributed by atoms with van der Waals surface area (Å²) in [6, 6.07) is 9.44. The Morgan fingerprint density at radius 1 is 1.10 bits per heavy atom. The van der Waals surface area contributed by atoms with Crippen LogP contribution in [0.5, 0.6) is 0 Å². The number of hydrogen-bond donors (Lipinski definition) is 1. The van der Waals surface area contributed by atoms with Gasteiger partial charge in [-0.2, -0.15) is 5.10 Å². The molecular formula is C23H30N4O2. The molecule has 5 rings (SSSR count). The zero-order chi connectivity index (χ0) is 19.6. The Bertz CT molecular complexity index is 858. The molecule has 154 valence electrons. The summed E-state index contributed by atoms with van der Waals surface area (Å²) >= 11 is 0. The van der Waals surface area contributed by atoms with Gasteiger partial charge in [-0.25, -0.2) is 0 Å². The largest absolute Gasteiger partial charge is 0.378 e. The quantitative estimate of drug-likeness (QED) is 0.869. The predicted octanol–water partition coefficient (Wildman–Crippen LogP) is 3.14. The number of benzene rings is 1. The van der Waals surface area contributed by atoms with Gasteiger partial charge in [-0.05, 0) is 49.8 Å². The summed E-state index contributed by atoms with van der Waals surface area (Å²) in [4.78, 5) is 17.6. The van der Waals surface area contributed by atoms with Crippen LogP contribution in [0.1, 0.15) is 64.8 Å². The lowest BCUT2D eigenvalue weighted by Crippen LogP contribution is -2.42. The average Bonchev–Trinajstić information content (AvgIpc) is 3.29. The number of nitrogens with one attached hydrogen (secondary N) is 1. The van der Waals surface area contributed by atoms with Gasteiger partial charge in [0, 0.05) is 31.6 Å². The second-order valence-electron chi connectivity index (χ2n) is 8.54. The van der Waals surface area contributed by atoms with E-state index in [0.29, 0.717) is 38.3 Å². The van der Waals surface area contributed by atoms with E-state index >= 15 is 0 Å². The van der Waals surface area contributed by atoms with Crippen molar-refractivity contribution in [1.82, 2.24) is 20.0 Å². The van der Waals surface area contributed by atoms with Gasteiger partial charge in [-0.3, -0.25) is 14.8 Å². The molecule has 0 spiro atoms. The zero-order valence-corrected chi connectivity index (χ0v) is 17.0. The van der Waals surface area contributed by atoms with Crippen LogP contribution in [0.4, 0.5) is 0 Å². The predicted molar refractivity (Wildman–Crippen MR) is 111 cm³/mol. The molecule has 1 aromatic carbocycles. The van der Waals surface area contributed by atoms with E-state index in [2.05, 4.69) is 39.4 Å². The smallest absolute Gasteiger partial charge is 0.257 e. The third-order valence-corrected chi connectivity index (χ3v) is 6.84. The Kier molecular flexibility index (Phi) is 5.38. The number of rotatable bonds is 3. The van der Waals surface area contributed by atoms with E-state index in [9.17, 15) is 4.79 Å².